The van der Waals surface area contributed by atoms with Gasteiger partial charge in [-0.15, -0.1) is 5.10 Å². The van der Waals surface area contributed by atoms with Crippen molar-refractivity contribution in [2.24, 2.45) is 9.98 Å². The van der Waals surface area contributed by atoms with Crippen LogP contribution in [0, 0.1) is 0 Å². The average Bonchev–Trinajstić information content (AvgIpc) is 3.28. The van der Waals surface area contributed by atoms with Crippen LogP contribution in [0.25, 0.3) is 11.0 Å². The Bertz CT molecular complexity index is 977. The summed E-state index contributed by atoms with van der Waals surface area (Å²) < 4.78 is 1.93. The zero-order chi connectivity index (χ0) is 17.4. The molecule has 0 radical (unpaired) electrons. The smallest absolute Gasteiger partial charge is 0.155 e. The van der Waals surface area contributed by atoms with Crippen molar-refractivity contribution < 1.29 is 0 Å². The van der Waals surface area contributed by atoms with Crippen LogP contribution >= 0.6 is 0 Å². The number of nitrogens with zero attached hydrogens (tertiary/aromatic N) is 5. The van der Waals surface area contributed by atoms with Crippen molar-refractivity contribution in [1.29, 1.82) is 0 Å². The molecule has 0 saturated carbocycles. The number of aliphatic imine (C=N–C) groups is 2. The third-order valence-corrected chi connectivity index (χ3v) is 4.53. The highest BCUT2D eigenvalue weighted by molar-refractivity contribution is 6.17. The molecule has 0 saturated heterocycles. The van der Waals surface area contributed by atoms with Gasteiger partial charge in [0.25, 0.3) is 0 Å². The molecule has 0 fully saturated rings. The van der Waals surface area contributed by atoms with Crippen LogP contribution in [0.15, 0.2) is 52.4 Å². The molecule has 1 aromatic heterocycles. The van der Waals surface area contributed by atoms with E-state index in [1.54, 1.807) is 0 Å². The minimum Gasteiger partial charge on any atom is -0.260 e. The van der Waals surface area contributed by atoms with E-state index in [0.29, 0.717) is 6.54 Å². The zero-order valence-corrected chi connectivity index (χ0v) is 14.8. The van der Waals surface area contributed by atoms with E-state index in [9.17, 15) is 0 Å². The van der Waals surface area contributed by atoms with Gasteiger partial charge in [0.2, 0.25) is 0 Å². The first-order chi connectivity index (χ1) is 12.2. The van der Waals surface area contributed by atoms with Crippen LogP contribution in [0.4, 0.5) is 0 Å². The molecule has 1 aliphatic heterocycles. The lowest BCUT2D eigenvalue weighted by Crippen LogP contribution is -2.03. The first kappa shape index (κ1) is 15.7. The lowest BCUT2D eigenvalue weighted by molar-refractivity contribution is 0.530. The summed E-state index contributed by atoms with van der Waals surface area (Å²) in [5.74, 6) is 0.774. The van der Waals surface area contributed by atoms with E-state index in [0.717, 1.165) is 40.1 Å². The summed E-state index contributed by atoms with van der Waals surface area (Å²) in [5.41, 5.74) is 6.40. The Morgan fingerprint density at radius 2 is 1.80 bits per heavy atom. The van der Waals surface area contributed by atoms with Crippen LogP contribution in [0.5, 0.6) is 0 Å². The molecule has 1 aliphatic rings. The number of hydrogen-bond donors (Lipinski definition) is 0. The van der Waals surface area contributed by atoms with Gasteiger partial charge in [-0.05, 0) is 49.6 Å². The molecule has 0 atom stereocenters. The molecule has 5 nitrogen and oxygen atoms in total. The number of aryl methyl sites for hydroxylation is 1. The van der Waals surface area contributed by atoms with Crippen molar-refractivity contribution in [3.8, 4) is 0 Å². The van der Waals surface area contributed by atoms with E-state index >= 15 is 0 Å². The molecule has 0 unspecified atom stereocenters. The van der Waals surface area contributed by atoms with Crippen LogP contribution in [0.3, 0.4) is 0 Å². The molecule has 0 N–H and O–H groups in total. The van der Waals surface area contributed by atoms with Gasteiger partial charge in [0, 0.05) is 11.6 Å². The number of amidine groups is 1. The minimum absolute atomic E-state index is 0.287. The highest BCUT2D eigenvalue weighted by Gasteiger charge is 2.15. The normalized spacial score (nSPS) is 14.2. The third kappa shape index (κ3) is 2.86. The highest BCUT2D eigenvalue weighted by Crippen LogP contribution is 2.20. The largest absolute Gasteiger partial charge is 0.260 e. The molecule has 0 amide bonds. The summed E-state index contributed by atoms with van der Waals surface area (Å²) in [6.45, 7) is 6.99. The van der Waals surface area contributed by atoms with E-state index in [1.165, 1.54) is 5.56 Å². The Morgan fingerprint density at radius 3 is 2.52 bits per heavy atom. The fourth-order valence-corrected chi connectivity index (χ4v) is 3.06. The number of fused-ring (bicyclic) bond motifs is 1. The number of hydrogen-bond acceptors (Lipinski definition) is 4. The summed E-state index contributed by atoms with van der Waals surface area (Å²) in [7, 11) is 0. The van der Waals surface area contributed by atoms with Gasteiger partial charge in [0.05, 0.1) is 17.8 Å². The van der Waals surface area contributed by atoms with Crippen LogP contribution in [-0.4, -0.2) is 33.1 Å². The Hall–Kier alpha value is -2.82. The molecule has 25 heavy (non-hydrogen) atoms. The Morgan fingerprint density at radius 1 is 1.04 bits per heavy atom. The Kier molecular flexibility index (Phi) is 3.92. The van der Waals surface area contributed by atoms with Gasteiger partial charge in [-0.25, -0.2) is 9.67 Å². The van der Waals surface area contributed by atoms with E-state index in [1.807, 2.05) is 10.7 Å². The second-order valence-electron chi connectivity index (χ2n) is 6.58. The minimum atomic E-state index is 0.287. The third-order valence-electron chi connectivity index (χ3n) is 4.53. The van der Waals surface area contributed by atoms with Crippen LogP contribution in [-0.2, 0) is 6.42 Å². The summed E-state index contributed by atoms with van der Waals surface area (Å²) in [6, 6.07) is 15.0. The van der Waals surface area contributed by atoms with E-state index < -0.39 is 0 Å². The first-order valence-corrected chi connectivity index (χ1v) is 8.72. The maximum absolute atomic E-state index is 4.74. The van der Waals surface area contributed by atoms with Gasteiger partial charge in [0.1, 0.15) is 5.52 Å². The SMILES string of the molecule is CCc1ccc(C2=NC(c3ccc4c(c3)nnn4C(C)C)=NC2)cc1. The lowest BCUT2D eigenvalue weighted by atomic mass is 10.1. The maximum atomic E-state index is 4.74. The fraction of sp³-hybridized carbons (Fsp3) is 0.300. The van der Waals surface area contributed by atoms with Crippen LogP contribution in [0.2, 0.25) is 0 Å². The number of benzene rings is 2. The second kappa shape index (κ2) is 6.24. The van der Waals surface area contributed by atoms with Crippen molar-refractivity contribution >= 4 is 22.6 Å². The van der Waals surface area contributed by atoms with Crippen molar-refractivity contribution in [3.05, 3.63) is 59.2 Å². The molecular weight excluding hydrogens is 310 g/mol. The molecule has 0 aliphatic carbocycles. The van der Waals surface area contributed by atoms with Crippen molar-refractivity contribution in [1.82, 2.24) is 15.0 Å². The topological polar surface area (TPSA) is 55.4 Å². The average molecular weight is 331 g/mol. The summed E-state index contributed by atoms with van der Waals surface area (Å²) in [5, 5.41) is 8.51. The van der Waals surface area contributed by atoms with Gasteiger partial charge >= 0.3 is 0 Å². The molecule has 126 valence electrons. The van der Waals surface area contributed by atoms with Gasteiger partial charge in [-0.2, -0.15) is 0 Å². The molecule has 2 heterocycles. The van der Waals surface area contributed by atoms with Crippen LogP contribution < -0.4 is 0 Å². The number of aromatic nitrogens is 3. The predicted molar refractivity (Wildman–Crippen MR) is 102 cm³/mol. The summed E-state index contributed by atoms with van der Waals surface area (Å²) >= 11 is 0. The number of rotatable bonds is 4. The maximum Gasteiger partial charge on any atom is 0.155 e. The van der Waals surface area contributed by atoms with Crippen LogP contribution in [0.1, 0.15) is 43.5 Å². The first-order valence-electron chi connectivity index (χ1n) is 8.72. The standard InChI is InChI=1S/C20H21N5/c1-4-14-5-7-15(8-6-14)18-12-21-20(22-18)16-9-10-19-17(11-16)23-24-25(19)13(2)3/h5-11,13H,4,12H2,1-3H3. The van der Waals surface area contributed by atoms with Crippen molar-refractivity contribution in [2.45, 2.75) is 33.2 Å². The molecule has 0 bridgehead atoms. The molecule has 2 aromatic carbocycles. The van der Waals surface area contributed by atoms with Gasteiger partial charge < -0.3 is 0 Å². The Labute approximate surface area is 147 Å². The predicted octanol–water partition coefficient (Wildman–Crippen LogP) is 3.82. The van der Waals surface area contributed by atoms with E-state index in [-0.39, 0.29) is 6.04 Å². The lowest BCUT2D eigenvalue weighted by Gasteiger charge is -2.05. The molecule has 0 spiro atoms. The monoisotopic (exact) mass is 331 g/mol. The van der Waals surface area contributed by atoms with Crippen molar-refractivity contribution in [2.75, 3.05) is 6.54 Å². The van der Waals surface area contributed by atoms with Gasteiger partial charge in [-0.3, -0.25) is 4.99 Å². The molecular formula is C20H21N5. The highest BCUT2D eigenvalue weighted by atomic mass is 15.4. The second-order valence-corrected chi connectivity index (χ2v) is 6.58. The quantitative estimate of drug-likeness (QED) is 0.729. The van der Waals surface area contributed by atoms with Gasteiger partial charge in [-0.1, -0.05) is 36.4 Å². The van der Waals surface area contributed by atoms with Gasteiger partial charge in [0.15, 0.2) is 5.84 Å². The van der Waals surface area contributed by atoms with E-state index in [2.05, 4.69) is 72.5 Å². The molecule has 5 heteroatoms. The zero-order valence-electron chi connectivity index (χ0n) is 14.8. The molecule has 3 aromatic rings. The molecule has 4 rings (SSSR count). The summed E-state index contributed by atoms with van der Waals surface area (Å²) in [4.78, 5) is 9.36. The summed E-state index contributed by atoms with van der Waals surface area (Å²) in [6.07, 6.45) is 1.05. The fourth-order valence-electron chi connectivity index (χ4n) is 3.06. The van der Waals surface area contributed by atoms with E-state index in [4.69, 9.17) is 4.99 Å². The Balaban J connectivity index is 1.63. The van der Waals surface area contributed by atoms with Crippen molar-refractivity contribution in [3.63, 3.8) is 0 Å².